The largest absolute Gasteiger partial charge is 0.482 e. The number of halogens is 3. The fourth-order valence-electron chi connectivity index (χ4n) is 1.10. The molecule has 14 heavy (non-hydrogen) atoms. The quantitative estimate of drug-likeness (QED) is 0.729. The molecule has 0 aliphatic rings. The van der Waals surface area contributed by atoms with Gasteiger partial charge in [0.15, 0.2) is 0 Å². The number of pyridine rings is 1. The van der Waals surface area contributed by atoms with Gasteiger partial charge in [-0.15, -0.1) is 0 Å². The lowest BCUT2D eigenvalue weighted by molar-refractivity contribution is 0.467. The van der Waals surface area contributed by atoms with Crippen molar-refractivity contribution < 1.29 is 17.2 Å². The maximum absolute atomic E-state index is 12.1. The van der Waals surface area contributed by atoms with Gasteiger partial charge in [-0.3, -0.25) is 9.19 Å². The molecule has 7 heteroatoms. The second-order valence-corrected chi connectivity index (χ2v) is 4.20. The molecule has 0 amide bonds. The van der Waals surface area contributed by atoms with E-state index < -0.39 is 24.1 Å². The Bertz CT molecular complexity index is 355. The minimum absolute atomic E-state index is 0.000772. The average molecular weight is 222 g/mol. The highest BCUT2D eigenvalue weighted by Crippen LogP contribution is 2.20. The second kappa shape index (κ2) is 4.12. The topological polar surface area (TPSA) is 30.0 Å². The Morgan fingerprint density at radius 2 is 2.14 bits per heavy atom. The van der Waals surface area contributed by atoms with E-state index in [-0.39, 0.29) is 10.5 Å². The summed E-state index contributed by atoms with van der Waals surface area (Å²) in [4.78, 5) is 3.80. The molecule has 1 atom stereocenters. The minimum Gasteiger partial charge on any atom is -0.449 e. The van der Waals surface area contributed by atoms with E-state index in [0.717, 1.165) is 6.20 Å². The van der Waals surface area contributed by atoms with Crippen LogP contribution in [-0.4, -0.2) is 22.4 Å². The summed E-state index contributed by atoms with van der Waals surface area (Å²) in [5.41, 5.74) is 0.000772. The molecule has 0 spiro atoms. The zero-order chi connectivity index (χ0) is 10.8. The van der Waals surface area contributed by atoms with E-state index in [1.807, 2.05) is 0 Å². The molecule has 0 aliphatic carbocycles. The summed E-state index contributed by atoms with van der Waals surface area (Å²) in [6, 6.07) is 1.35. The van der Waals surface area contributed by atoms with Crippen molar-refractivity contribution in [1.82, 2.24) is 4.98 Å². The third-order valence-corrected chi connectivity index (χ3v) is 2.64. The van der Waals surface area contributed by atoms with E-state index in [4.69, 9.17) is 0 Å². The van der Waals surface area contributed by atoms with Gasteiger partial charge in [-0.25, -0.2) is 0 Å². The molecule has 0 aliphatic heterocycles. The Morgan fingerprint density at radius 1 is 1.50 bits per heavy atom. The van der Waals surface area contributed by atoms with Gasteiger partial charge in [0.1, 0.15) is 0 Å². The van der Waals surface area contributed by atoms with Crippen molar-refractivity contribution in [2.75, 3.05) is 6.26 Å². The molecule has 0 aromatic carbocycles. The summed E-state index contributed by atoms with van der Waals surface area (Å²) < 4.78 is 47.4. The SMILES string of the molecule is CS(=O)c1ccncc1C[B-](F)(F)F. The van der Waals surface area contributed by atoms with Gasteiger partial charge < -0.3 is 12.9 Å². The molecule has 1 rings (SSSR count). The average Bonchev–Trinajstić information content (AvgIpc) is 2.01. The van der Waals surface area contributed by atoms with Crippen molar-refractivity contribution in [2.24, 2.45) is 0 Å². The summed E-state index contributed by atoms with van der Waals surface area (Å²) in [5.74, 6) is 0. The first kappa shape index (κ1) is 11.2. The van der Waals surface area contributed by atoms with Gasteiger partial charge in [0.25, 0.3) is 0 Å². The van der Waals surface area contributed by atoms with Crippen LogP contribution in [0.25, 0.3) is 0 Å². The van der Waals surface area contributed by atoms with Crippen molar-refractivity contribution in [1.29, 1.82) is 0 Å². The standard InChI is InChI=1S/C7H8BF3NOS/c1-14(13)7-2-3-12-5-6(7)4-8(9,10)11/h2-3,5H,4H2,1H3/q-1. The maximum Gasteiger partial charge on any atom is 0.482 e. The fraction of sp³-hybridized carbons (Fsp3) is 0.286. The summed E-state index contributed by atoms with van der Waals surface area (Å²) in [7, 11) is -1.41. The van der Waals surface area contributed by atoms with Crippen LogP contribution in [0.1, 0.15) is 5.56 Å². The molecule has 2 nitrogen and oxygen atoms in total. The van der Waals surface area contributed by atoms with Gasteiger partial charge in [-0.1, -0.05) is 6.32 Å². The zero-order valence-electron chi connectivity index (χ0n) is 7.41. The van der Waals surface area contributed by atoms with Gasteiger partial charge in [-0.2, -0.15) is 0 Å². The van der Waals surface area contributed by atoms with Crippen molar-refractivity contribution in [2.45, 2.75) is 11.2 Å². The van der Waals surface area contributed by atoms with Crippen molar-refractivity contribution in [3.63, 3.8) is 0 Å². The molecule has 1 aromatic heterocycles. The summed E-state index contributed by atoms with van der Waals surface area (Å²) in [6.07, 6.45) is 2.78. The third-order valence-electron chi connectivity index (χ3n) is 1.62. The normalized spacial score (nSPS) is 14.0. The lowest BCUT2D eigenvalue weighted by atomic mass is 9.82. The van der Waals surface area contributed by atoms with E-state index in [0.29, 0.717) is 0 Å². The Kier molecular flexibility index (Phi) is 3.31. The van der Waals surface area contributed by atoms with Gasteiger partial charge in [0, 0.05) is 23.5 Å². The Hall–Kier alpha value is -0.845. The van der Waals surface area contributed by atoms with Crippen LogP contribution in [-0.2, 0) is 17.1 Å². The van der Waals surface area contributed by atoms with Crippen LogP contribution in [0.5, 0.6) is 0 Å². The predicted octanol–water partition coefficient (Wildman–Crippen LogP) is 1.75. The van der Waals surface area contributed by atoms with Crippen molar-refractivity contribution in [3.05, 3.63) is 24.0 Å². The van der Waals surface area contributed by atoms with Crippen LogP contribution in [0, 0.1) is 0 Å². The molecule has 1 aromatic rings. The number of rotatable bonds is 3. The lowest BCUT2D eigenvalue weighted by Gasteiger charge is -2.14. The first-order valence-electron chi connectivity index (χ1n) is 3.87. The molecule has 0 saturated heterocycles. The summed E-state index contributed by atoms with van der Waals surface area (Å²) >= 11 is 0. The summed E-state index contributed by atoms with van der Waals surface area (Å²) in [6.45, 7) is -4.90. The molecule has 0 N–H and O–H groups in total. The number of aromatic nitrogens is 1. The summed E-state index contributed by atoms with van der Waals surface area (Å²) in [5, 5.41) is 0. The molecule has 1 unspecified atom stereocenters. The highest BCUT2D eigenvalue weighted by atomic mass is 32.2. The van der Waals surface area contributed by atoms with E-state index >= 15 is 0 Å². The minimum atomic E-state index is -4.90. The Morgan fingerprint density at radius 3 is 2.64 bits per heavy atom. The van der Waals surface area contributed by atoms with E-state index in [1.54, 1.807) is 0 Å². The maximum atomic E-state index is 12.1. The van der Waals surface area contributed by atoms with Crippen LogP contribution in [0.15, 0.2) is 23.4 Å². The number of nitrogens with zero attached hydrogens (tertiary/aromatic N) is 1. The van der Waals surface area contributed by atoms with Crippen molar-refractivity contribution >= 4 is 17.8 Å². The molecule has 1 heterocycles. The van der Waals surface area contributed by atoms with Gasteiger partial charge >= 0.3 is 6.98 Å². The van der Waals surface area contributed by atoms with Gasteiger partial charge in [0.05, 0.1) is 10.8 Å². The number of hydrogen-bond donors (Lipinski definition) is 0. The Labute approximate surface area is 82.1 Å². The van der Waals surface area contributed by atoms with E-state index in [2.05, 4.69) is 4.98 Å². The second-order valence-electron chi connectivity index (χ2n) is 2.85. The predicted molar refractivity (Wildman–Crippen MR) is 49.4 cm³/mol. The molecule has 0 radical (unpaired) electrons. The van der Waals surface area contributed by atoms with Crippen LogP contribution >= 0.6 is 0 Å². The van der Waals surface area contributed by atoms with Gasteiger partial charge in [0.2, 0.25) is 0 Å². The highest BCUT2D eigenvalue weighted by Gasteiger charge is 2.25. The zero-order valence-corrected chi connectivity index (χ0v) is 8.23. The molecule has 0 saturated carbocycles. The molecule has 0 fully saturated rings. The van der Waals surface area contributed by atoms with Crippen LogP contribution in [0.2, 0.25) is 0 Å². The van der Waals surface area contributed by atoms with Crippen molar-refractivity contribution in [3.8, 4) is 0 Å². The number of hydrogen-bond acceptors (Lipinski definition) is 2. The molecular weight excluding hydrogens is 214 g/mol. The first-order valence-corrected chi connectivity index (χ1v) is 5.43. The smallest absolute Gasteiger partial charge is 0.449 e. The first-order chi connectivity index (χ1) is 6.40. The molecular formula is C7H8BF3NOS-. The van der Waals surface area contributed by atoms with E-state index in [9.17, 15) is 17.2 Å². The van der Waals surface area contributed by atoms with Crippen LogP contribution in [0.4, 0.5) is 12.9 Å². The molecule has 0 bridgehead atoms. The Balaban J connectivity index is 3.02. The van der Waals surface area contributed by atoms with Crippen LogP contribution < -0.4 is 0 Å². The monoisotopic (exact) mass is 222 g/mol. The van der Waals surface area contributed by atoms with E-state index in [1.165, 1.54) is 18.5 Å². The third kappa shape index (κ3) is 3.14. The van der Waals surface area contributed by atoms with Crippen LogP contribution in [0.3, 0.4) is 0 Å². The fourth-order valence-corrected chi connectivity index (χ4v) is 1.86. The lowest BCUT2D eigenvalue weighted by Crippen LogP contribution is -2.20. The highest BCUT2D eigenvalue weighted by molar-refractivity contribution is 7.84. The molecule has 78 valence electrons. The van der Waals surface area contributed by atoms with Gasteiger partial charge in [-0.05, 0) is 11.6 Å².